The van der Waals surface area contributed by atoms with Crippen molar-refractivity contribution in [1.82, 2.24) is 19.5 Å². The molecular weight excluding hydrogens is 224 g/mol. The highest BCUT2D eigenvalue weighted by Crippen LogP contribution is 2.14. The Balaban J connectivity index is 2.79. The Labute approximate surface area is 96.5 Å². The van der Waals surface area contributed by atoms with E-state index >= 15 is 0 Å². The number of aryl methyl sites for hydroxylation is 1. The molecule has 2 heterocycles. The number of nitrogens with zero attached hydrogens (tertiary/aromatic N) is 2. The number of nitrogens with one attached hydrogen (secondary N) is 2. The molecule has 0 fully saturated rings. The Kier molecular flexibility index (Phi) is 2.84. The number of rotatable bonds is 3. The van der Waals surface area contributed by atoms with Crippen LogP contribution in [0.25, 0.3) is 11.2 Å². The second-order valence-corrected chi connectivity index (χ2v) is 3.70. The van der Waals surface area contributed by atoms with Gasteiger partial charge in [-0.3, -0.25) is 14.3 Å². The Morgan fingerprint density at radius 1 is 1.41 bits per heavy atom. The third-order valence-corrected chi connectivity index (χ3v) is 2.71. The molecule has 2 aromatic heterocycles. The minimum Gasteiger partial charge on any atom is -0.374 e. The summed E-state index contributed by atoms with van der Waals surface area (Å²) < 4.78 is 6.52. The molecule has 0 aliphatic rings. The van der Waals surface area contributed by atoms with Gasteiger partial charge in [0.25, 0.3) is 5.56 Å². The first-order valence-electron chi connectivity index (χ1n) is 5.34. The molecule has 0 aliphatic heterocycles. The van der Waals surface area contributed by atoms with E-state index in [0.29, 0.717) is 23.5 Å². The fourth-order valence-corrected chi connectivity index (χ4v) is 1.66. The second kappa shape index (κ2) is 4.17. The molecule has 0 aliphatic carbocycles. The lowest BCUT2D eigenvalue weighted by molar-refractivity contribution is 0.113. The highest BCUT2D eigenvalue weighted by atomic mass is 16.5. The summed E-state index contributed by atoms with van der Waals surface area (Å²) >= 11 is 0. The van der Waals surface area contributed by atoms with E-state index in [0.717, 1.165) is 0 Å². The quantitative estimate of drug-likeness (QED) is 0.795. The van der Waals surface area contributed by atoms with Crippen molar-refractivity contribution in [2.24, 2.45) is 0 Å². The van der Waals surface area contributed by atoms with Crippen molar-refractivity contribution in [3.8, 4) is 0 Å². The number of H-pyrrole nitrogens is 2. The first kappa shape index (κ1) is 11.6. The van der Waals surface area contributed by atoms with Crippen LogP contribution in [0.3, 0.4) is 0 Å². The number of methoxy groups -OCH3 is 1. The van der Waals surface area contributed by atoms with Crippen molar-refractivity contribution >= 4 is 11.2 Å². The molecule has 7 heteroatoms. The number of hydrogen-bond donors (Lipinski definition) is 2. The summed E-state index contributed by atoms with van der Waals surface area (Å²) in [6, 6.07) is 0. The number of ether oxygens (including phenoxy) is 1. The maximum absolute atomic E-state index is 11.6. The minimum atomic E-state index is -0.461. The molecule has 0 radical (unpaired) electrons. The molecule has 7 nitrogen and oxygen atoms in total. The fourth-order valence-electron chi connectivity index (χ4n) is 1.66. The van der Waals surface area contributed by atoms with Gasteiger partial charge < -0.3 is 9.72 Å². The van der Waals surface area contributed by atoms with E-state index in [1.54, 1.807) is 14.0 Å². The van der Waals surface area contributed by atoms with Crippen LogP contribution >= 0.6 is 0 Å². The second-order valence-electron chi connectivity index (χ2n) is 3.70. The maximum atomic E-state index is 11.6. The number of fused-ring (bicyclic) bond motifs is 1. The summed E-state index contributed by atoms with van der Waals surface area (Å²) in [5.74, 6) is 0.529. The summed E-state index contributed by atoms with van der Waals surface area (Å²) in [4.78, 5) is 32.5. The lowest BCUT2D eigenvalue weighted by Crippen LogP contribution is -2.29. The number of imidazole rings is 1. The van der Waals surface area contributed by atoms with Gasteiger partial charge >= 0.3 is 5.69 Å². The zero-order valence-electron chi connectivity index (χ0n) is 9.90. The molecule has 2 N–H and O–H groups in total. The maximum Gasteiger partial charge on any atom is 0.330 e. The highest BCUT2D eigenvalue weighted by Gasteiger charge is 2.15. The van der Waals surface area contributed by atoms with E-state index in [1.165, 1.54) is 4.57 Å². The summed E-state index contributed by atoms with van der Waals surface area (Å²) in [6.45, 7) is 4.06. The Morgan fingerprint density at radius 3 is 2.71 bits per heavy atom. The zero-order valence-corrected chi connectivity index (χ0v) is 9.90. The summed E-state index contributed by atoms with van der Waals surface area (Å²) in [7, 11) is 1.55. The van der Waals surface area contributed by atoms with Gasteiger partial charge in [0.2, 0.25) is 0 Å². The van der Waals surface area contributed by atoms with Gasteiger partial charge in [0, 0.05) is 13.7 Å². The van der Waals surface area contributed by atoms with Gasteiger partial charge in [-0.25, -0.2) is 9.78 Å². The van der Waals surface area contributed by atoms with Gasteiger partial charge in [0.1, 0.15) is 17.4 Å². The predicted octanol–water partition coefficient (Wildman–Crippen LogP) is 0.140. The van der Waals surface area contributed by atoms with Crippen LogP contribution in [0, 0.1) is 0 Å². The van der Waals surface area contributed by atoms with E-state index in [2.05, 4.69) is 15.0 Å². The molecule has 0 saturated heterocycles. The molecule has 0 saturated carbocycles. The Hall–Kier alpha value is -1.89. The fraction of sp³-hybridized carbons (Fsp3) is 0.500. The molecule has 0 aromatic carbocycles. The van der Waals surface area contributed by atoms with Crippen molar-refractivity contribution in [2.45, 2.75) is 26.5 Å². The van der Waals surface area contributed by atoms with E-state index in [-0.39, 0.29) is 6.10 Å². The van der Waals surface area contributed by atoms with Gasteiger partial charge in [0.05, 0.1) is 0 Å². The number of aromatic nitrogens is 4. The van der Waals surface area contributed by atoms with E-state index < -0.39 is 11.2 Å². The van der Waals surface area contributed by atoms with Crippen molar-refractivity contribution in [2.75, 3.05) is 7.11 Å². The van der Waals surface area contributed by atoms with Crippen LogP contribution in [0.5, 0.6) is 0 Å². The summed E-state index contributed by atoms with van der Waals surface area (Å²) in [6.07, 6.45) is -0.262. The Morgan fingerprint density at radius 2 is 2.12 bits per heavy atom. The van der Waals surface area contributed by atoms with Crippen LogP contribution in [0.1, 0.15) is 25.8 Å². The van der Waals surface area contributed by atoms with Crippen LogP contribution < -0.4 is 11.2 Å². The topological polar surface area (TPSA) is 92.8 Å². The smallest absolute Gasteiger partial charge is 0.330 e. The van der Waals surface area contributed by atoms with Crippen LogP contribution in [0.4, 0.5) is 0 Å². The number of aromatic amines is 2. The molecule has 1 atom stereocenters. The largest absolute Gasteiger partial charge is 0.374 e. The van der Waals surface area contributed by atoms with Crippen LogP contribution in [-0.4, -0.2) is 26.6 Å². The molecule has 0 amide bonds. The molecule has 2 rings (SSSR count). The lowest BCUT2D eigenvalue weighted by atomic mass is 10.4. The predicted molar refractivity (Wildman–Crippen MR) is 62.1 cm³/mol. The average molecular weight is 238 g/mol. The van der Waals surface area contributed by atoms with Crippen molar-refractivity contribution in [3.63, 3.8) is 0 Å². The normalized spacial score (nSPS) is 13.1. The average Bonchev–Trinajstić information content (AvgIpc) is 2.73. The molecule has 17 heavy (non-hydrogen) atoms. The molecule has 1 unspecified atom stereocenters. The summed E-state index contributed by atoms with van der Waals surface area (Å²) in [5.41, 5.74) is -0.254. The van der Waals surface area contributed by atoms with Gasteiger partial charge in [-0.1, -0.05) is 0 Å². The SMILES string of the molecule is CCn1c(=O)[nH]c(=O)c2[nH]c(C(C)OC)nc21. The Bertz CT molecular complexity index is 652. The first-order valence-corrected chi connectivity index (χ1v) is 5.34. The first-order chi connectivity index (χ1) is 8.08. The van der Waals surface area contributed by atoms with Gasteiger partial charge in [-0.2, -0.15) is 0 Å². The number of hydrogen-bond acceptors (Lipinski definition) is 4. The van der Waals surface area contributed by atoms with Crippen LogP contribution in [0.2, 0.25) is 0 Å². The van der Waals surface area contributed by atoms with Crippen LogP contribution in [-0.2, 0) is 11.3 Å². The highest BCUT2D eigenvalue weighted by molar-refractivity contribution is 5.69. The minimum absolute atomic E-state index is 0.262. The van der Waals surface area contributed by atoms with Gasteiger partial charge in [-0.05, 0) is 13.8 Å². The molecule has 0 spiro atoms. The molecular formula is C10H14N4O3. The van der Waals surface area contributed by atoms with Gasteiger partial charge in [0.15, 0.2) is 5.65 Å². The monoisotopic (exact) mass is 238 g/mol. The van der Waals surface area contributed by atoms with Crippen LogP contribution in [0.15, 0.2) is 9.59 Å². The van der Waals surface area contributed by atoms with E-state index in [1.807, 2.05) is 6.92 Å². The van der Waals surface area contributed by atoms with Crippen molar-refractivity contribution in [3.05, 3.63) is 26.7 Å². The van der Waals surface area contributed by atoms with Crippen molar-refractivity contribution < 1.29 is 4.74 Å². The third-order valence-electron chi connectivity index (χ3n) is 2.71. The van der Waals surface area contributed by atoms with E-state index in [4.69, 9.17) is 4.74 Å². The van der Waals surface area contributed by atoms with Crippen molar-refractivity contribution in [1.29, 1.82) is 0 Å². The van der Waals surface area contributed by atoms with Gasteiger partial charge in [-0.15, -0.1) is 0 Å². The standard InChI is InChI=1S/C10H14N4O3/c1-4-14-8-6(9(15)13-10(14)16)11-7(12-8)5(2)17-3/h5H,4H2,1-3H3,(H,11,12)(H,13,15,16). The third kappa shape index (κ3) is 1.78. The lowest BCUT2D eigenvalue weighted by Gasteiger charge is -2.03. The van der Waals surface area contributed by atoms with E-state index in [9.17, 15) is 9.59 Å². The molecule has 2 aromatic rings. The molecule has 92 valence electrons. The zero-order chi connectivity index (χ0) is 12.6. The summed E-state index contributed by atoms with van der Waals surface area (Å²) in [5, 5.41) is 0. The molecule has 0 bridgehead atoms.